The number of nitrogens with zero attached hydrogens (tertiary/aromatic N) is 3. The second-order valence-electron chi connectivity index (χ2n) is 16.2. The van der Waals surface area contributed by atoms with Gasteiger partial charge in [-0.15, -0.1) is 6.58 Å². The number of sulfonamides is 1. The number of methoxy groups -OCH3 is 1. The first-order chi connectivity index (χ1) is 27.9. The van der Waals surface area contributed by atoms with Crippen molar-refractivity contribution in [3.63, 3.8) is 0 Å². The molecule has 1 aromatic heterocycles. The Hall–Kier alpha value is -4.90. The molecule has 0 unspecified atom stereocenters. The van der Waals surface area contributed by atoms with E-state index in [2.05, 4.69) is 21.9 Å². The lowest BCUT2D eigenvalue weighted by Gasteiger charge is -2.33. The zero-order chi connectivity index (χ0) is 40.8. The summed E-state index contributed by atoms with van der Waals surface area (Å²) in [5, 5.41) is 5.92. The van der Waals surface area contributed by atoms with Crippen LogP contribution in [-0.2, 0) is 29.1 Å². The normalized spacial score (nSPS) is 29.5. The summed E-state index contributed by atoms with van der Waals surface area (Å²) in [6, 6.07) is 2.96. The van der Waals surface area contributed by atoms with Crippen LogP contribution in [0.5, 0.6) is 17.4 Å². The van der Waals surface area contributed by atoms with E-state index < -0.39 is 62.6 Å². The predicted molar refractivity (Wildman–Crippen MR) is 213 cm³/mol. The van der Waals surface area contributed by atoms with Crippen molar-refractivity contribution in [3.8, 4) is 17.4 Å². The van der Waals surface area contributed by atoms with Crippen LogP contribution in [0, 0.1) is 11.8 Å². The minimum atomic E-state index is -3.91. The van der Waals surface area contributed by atoms with E-state index in [1.54, 1.807) is 24.1 Å². The summed E-state index contributed by atoms with van der Waals surface area (Å²) in [5.74, 6) is -1.26. The molecule has 1 aromatic carbocycles. The van der Waals surface area contributed by atoms with Crippen LogP contribution >= 0.6 is 0 Å². The van der Waals surface area contributed by atoms with Gasteiger partial charge in [-0.05, 0) is 57.4 Å². The Bertz CT molecular complexity index is 2120. The number of carbonyl (C=O) groups excluding carboxylic acids is 4. The molecule has 3 N–H and O–H groups in total. The van der Waals surface area contributed by atoms with E-state index in [0.29, 0.717) is 73.8 Å². The molecule has 3 aliphatic carbocycles. The molecule has 0 spiro atoms. The summed E-state index contributed by atoms with van der Waals surface area (Å²) in [6.07, 6.45) is 9.41. The monoisotopic (exact) mass is 820 g/mol. The Morgan fingerprint density at radius 1 is 1.10 bits per heavy atom. The van der Waals surface area contributed by atoms with Gasteiger partial charge in [0.15, 0.2) is 0 Å². The summed E-state index contributed by atoms with van der Waals surface area (Å²) in [5.41, 5.74) is -0.261. The van der Waals surface area contributed by atoms with Crippen LogP contribution in [0.2, 0.25) is 0 Å². The Morgan fingerprint density at radius 2 is 1.90 bits per heavy atom. The van der Waals surface area contributed by atoms with E-state index in [4.69, 9.17) is 23.9 Å². The first-order valence-electron chi connectivity index (χ1n) is 20.4. The molecule has 6 bridgehead atoms. The van der Waals surface area contributed by atoms with Crippen molar-refractivity contribution in [3.05, 3.63) is 42.5 Å². The highest BCUT2D eigenvalue weighted by Crippen LogP contribution is 2.46. The van der Waals surface area contributed by atoms with E-state index in [9.17, 15) is 27.6 Å². The standard InChI is InChI=1S/C41H52N6O10S/c1-4-26-21-41(26,39(50)45-58(52,53)29-12-13-29)44-37(48)32-18-28-23-47(32)38(49)36(24-9-6-7-10-24)43-40(51)46-15-14-27(22-46)56-16-8-11-25-17-30-31(19-33(25)54-3)42-35(55-5-2)20-34(30)57-28/h4,8,11,17,19-20,24,26-29,32,36H,1,5-7,9-10,12-16,18,21-23H2,2-3H3,(H,43,51)(H,44,48)(H,45,50)/b11-8-/t26-,27+,28-,32+,36+,41-/m1/s1. The van der Waals surface area contributed by atoms with Gasteiger partial charge in [0.05, 0.1) is 43.7 Å². The Kier molecular flexibility index (Phi) is 11.0. The van der Waals surface area contributed by atoms with Gasteiger partial charge < -0.3 is 39.4 Å². The number of fused-ring (bicyclic) bond motifs is 5. The number of nitrogens with one attached hydrogen (secondary N) is 3. The van der Waals surface area contributed by atoms with E-state index in [1.807, 2.05) is 25.1 Å². The maximum absolute atomic E-state index is 14.9. The highest BCUT2D eigenvalue weighted by atomic mass is 32.2. The summed E-state index contributed by atoms with van der Waals surface area (Å²) in [4.78, 5) is 64.8. The first-order valence-corrected chi connectivity index (χ1v) is 21.9. The summed E-state index contributed by atoms with van der Waals surface area (Å²) in [6.45, 7) is 7.12. The zero-order valence-electron chi connectivity index (χ0n) is 32.9. The number of urea groups is 1. The van der Waals surface area contributed by atoms with Crippen LogP contribution in [0.25, 0.3) is 17.0 Å². The van der Waals surface area contributed by atoms with Crippen molar-refractivity contribution in [2.45, 2.75) is 99.8 Å². The predicted octanol–water partition coefficient (Wildman–Crippen LogP) is 3.05. The Balaban J connectivity index is 1.17. The second-order valence-corrected chi connectivity index (χ2v) is 18.2. The van der Waals surface area contributed by atoms with E-state index in [-0.39, 0.29) is 37.4 Å². The molecule has 5 amide bonds. The van der Waals surface area contributed by atoms with Gasteiger partial charge >= 0.3 is 6.03 Å². The molecule has 0 radical (unpaired) electrons. The average molecular weight is 821 g/mol. The van der Waals surface area contributed by atoms with Crippen LogP contribution in [0.3, 0.4) is 0 Å². The third-order valence-electron chi connectivity index (χ3n) is 12.4. The van der Waals surface area contributed by atoms with E-state index >= 15 is 0 Å². The zero-order valence-corrected chi connectivity index (χ0v) is 33.8. The molecule has 3 saturated carbocycles. The van der Waals surface area contributed by atoms with Crippen molar-refractivity contribution in [2.24, 2.45) is 11.8 Å². The number of rotatable bonds is 10. The van der Waals surface area contributed by atoms with Crippen molar-refractivity contribution >= 4 is 50.8 Å². The van der Waals surface area contributed by atoms with Gasteiger partial charge in [0.2, 0.25) is 27.7 Å². The largest absolute Gasteiger partial charge is 0.496 e. The number of benzene rings is 1. The third kappa shape index (κ3) is 7.94. The number of carbonyl (C=O) groups is 4. The molecule has 6 aliphatic rings. The van der Waals surface area contributed by atoms with Crippen LogP contribution < -0.4 is 29.6 Å². The SMILES string of the molecule is C=C[C@@H]1C[C@]1(NC(=O)[C@@H]1C[C@@H]2CN1C(=O)[C@H](C1CCCC1)NC(=O)N1CC[C@@H](C1)OC/C=C\c1cc3c(cc(OCC)nc3cc1OC)O2)C(=O)NS(=O)(=O)C1CC1. The molecule has 6 atom stereocenters. The van der Waals surface area contributed by atoms with Gasteiger partial charge in [-0.1, -0.05) is 31.1 Å². The van der Waals surface area contributed by atoms with Gasteiger partial charge in [0.1, 0.15) is 35.2 Å². The molecule has 2 saturated heterocycles. The molecule has 17 heteroatoms. The number of hydrogen-bond donors (Lipinski definition) is 3. The van der Waals surface area contributed by atoms with Gasteiger partial charge in [-0.2, -0.15) is 0 Å². The molecule has 8 rings (SSSR count). The lowest BCUT2D eigenvalue weighted by molar-refractivity contribution is -0.142. The van der Waals surface area contributed by atoms with Crippen molar-refractivity contribution in [1.29, 1.82) is 0 Å². The van der Waals surface area contributed by atoms with Crippen LogP contribution in [-0.4, -0.2) is 122 Å². The molecule has 5 fully saturated rings. The number of pyridine rings is 1. The molecule has 58 heavy (non-hydrogen) atoms. The van der Waals surface area contributed by atoms with Crippen molar-refractivity contribution in [2.75, 3.05) is 40.0 Å². The molecular formula is C41H52N6O10S. The summed E-state index contributed by atoms with van der Waals surface area (Å²) >= 11 is 0. The van der Waals surface area contributed by atoms with E-state index in [0.717, 1.165) is 31.2 Å². The van der Waals surface area contributed by atoms with Gasteiger partial charge in [-0.3, -0.25) is 19.1 Å². The first kappa shape index (κ1) is 39.9. The average Bonchev–Trinajstić information content (AvgIpc) is 3.97. The van der Waals surface area contributed by atoms with Crippen LogP contribution in [0.15, 0.2) is 36.9 Å². The summed E-state index contributed by atoms with van der Waals surface area (Å²) < 4.78 is 52.3. The minimum absolute atomic E-state index is 0.00746. The lowest BCUT2D eigenvalue weighted by Crippen LogP contribution is -2.59. The number of aromatic nitrogens is 1. The quantitative estimate of drug-likeness (QED) is 0.299. The van der Waals surface area contributed by atoms with Crippen molar-refractivity contribution < 1.29 is 46.5 Å². The molecule has 2 aromatic rings. The highest BCUT2D eigenvalue weighted by Gasteiger charge is 2.62. The Labute approximate surface area is 338 Å². The topological polar surface area (TPSA) is 195 Å². The fourth-order valence-corrected chi connectivity index (χ4v) is 10.3. The fourth-order valence-electron chi connectivity index (χ4n) is 8.91. The molecule has 4 heterocycles. The van der Waals surface area contributed by atoms with Crippen LogP contribution in [0.1, 0.15) is 70.3 Å². The lowest BCUT2D eigenvalue weighted by atomic mass is 9.96. The maximum Gasteiger partial charge on any atom is 0.318 e. The molecule has 16 nitrogen and oxygen atoms in total. The van der Waals surface area contributed by atoms with Gasteiger partial charge in [0.25, 0.3) is 5.91 Å². The summed E-state index contributed by atoms with van der Waals surface area (Å²) in [7, 11) is -2.33. The number of amides is 5. The van der Waals surface area contributed by atoms with Crippen LogP contribution in [0.4, 0.5) is 4.79 Å². The van der Waals surface area contributed by atoms with E-state index in [1.165, 1.54) is 11.0 Å². The minimum Gasteiger partial charge on any atom is -0.496 e. The van der Waals surface area contributed by atoms with Crippen molar-refractivity contribution in [1.82, 2.24) is 30.1 Å². The smallest absolute Gasteiger partial charge is 0.318 e. The third-order valence-corrected chi connectivity index (χ3v) is 14.2. The van der Waals surface area contributed by atoms with Gasteiger partial charge in [0, 0.05) is 48.5 Å². The number of ether oxygens (including phenoxy) is 4. The molecule has 3 aliphatic heterocycles. The second kappa shape index (κ2) is 16.0. The fraction of sp³-hybridized carbons (Fsp3) is 0.585. The Morgan fingerprint density at radius 3 is 2.60 bits per heavy atom. The van der Waals surface area contributed by atoms with Gasteiger partial charge in [-0.25, -0.2) is 18.2 Å². The highest BCUT2D eigenvalue weighted by molar-refractivity contribution is 7.91. The molecular weight excluding hydrogens is 769 g/mol. The number of hydrogen-bond acceptors (Lipinski definition) is 11. The maximum atomic E-state index is 14.9. The molecule has 312 valence electrons.